The molecular formula is C38H20N4O. The van der Waals surface area contributed by atoms with Crippen molar-refractivity contribution in [2.45, 2.75) is 0 Å². The number of rotatable bonds is 2. The third kappa shape index (κ3) is 3.03. The van der Waals surface area contributed by atoms with E-state index in [0.717, 1.165) is 71.2 Å². The number of fused-ring (bicyclic) bond motifs is 11. The van der Waals surface area contributed by atoms with Gasteiger partial charge in [-0.25, -0.2) is 4.85 Å². The van der Waals surface area contributed by atoms with Gasteiger partial charge in [0.2, 0.25) is 5.69 Å². The Bertz CT molecular complexity index is 2690. The summed E-state index contributed by atoms with van der Waals surface area (Å²) in [7, 11) is 0. The predicted octanol–water partition coefficient (Wildman–Crippen LogP) is 10.2. The van der Waals surface area contributed by atoms with E-state index in [2.05, 4.69) is 105 Å². The number of hydrogen-bond acceptors (Lipinski definition) is 2. The van der Waals surface area contributed by atoms with E-state index < -0.39 is 0 Å². The molecule has 3 aromatic heterocycles. The Hall–Kier alpha value is -6.30. The van der Waals surface area contributed by atoms with Crippen LogP contribution in [0.15, 0.2) is 126 Å². The Morgan fingerprint density at radius 2 is 1.14 bits per heavy atom. The average Bonchev–Trinajstić information content (AvgIpc) is 3.72. The largest absolute Gasteiger partial charge is 0.455 e. The Labute approximate surface area is 245 Å². The number of benzene rings is 6. The van der Waals surface area contributed by atoms with E-state index in [1.807, 2.05) is 30.3 Å². The first-order chi connectivity index (χ1) is 21.3. The Balaban J connectivity index is 1.45. The second kappa shape index (κ2) is 8.60. The summed E-state index contributed by atoms with van der Waals surface area (Å²) in [5.74, 6) is 0. The summed E-state index contributed by atoms with van der Waals surface area (Å²) < 4.78 is 11.3. The summed E-state index contributed by atoms with van der Waals surface area (Å²) in [5, 5.41) is 16.1. The van der Waals surface area contributed by atoms with Crippen molar-refractivity contribution in [1.82, 2.24) is 9.13 Å². The van der Waals surface area contributed by atoms with Gasteiger partial charge in [-0.3, -0.25) is 0 Å². The van der Waals surface area contributed by atoms with Crippen molar-refractivity contribution < 1.29 is 4.42 Å². The van der Waals surface area contributed by atoms with Gasteiger partial charge in [0, 0.05) is 27.2 Å². The number of furan rings is 1. The third-order valence-electron chi connectivity index (χ3n) is 8.58. The molecule has 0 N–H and O–H groups in total. The van der Waals surface area contributed by atoms with Crippen LogP contribution in [0.4, 0.5) is 5.69 Å². The predicted molar refractivity (Wildman–Crippen MR) is 173 cm³/mol. The second-order valence-electron chi connectivity index (χ2n) is 10.7. The molecule has 6 aromatic carbocycles. The molecule has 9 rings (SSSR count). The van der Waals surface area contributed by atoms with Crippen molar-refractivity contribution in [2.75, 3.05) is 0 Å². The topological polar surface area (TPSA) is 51.1 Å². The van der Waals surface area contributed by atoms with Crippen LogP contribution in [-0.2, 0) is 0 Å². The van der Waals surface area contributed by atoms with Crippen LogP contribution in [0.25, 0.3) is 81.8 Å². The van der Waals surface area contributed by atoms with Gasteiger partial charge in [0.15, 0.2) is 0 Å². The van der Waals surface area contributed by atoms with Crippen molar-refractivity contribution in [2.24, 2.45) is 0 Å². The Kier molecular flexibility index (Phi) is 4.68. The molecule has 9 aromatic rings. The molecule has 5 nitrogen and oxygen atoms in total. The van der Waals surface area contributed by atoms with E-state index in [4.69, 9.17) is 11.0 Å². The van der Waals surface area contributed by atoms with Gasteiger partial charge in [0.1, 0.15) is 11.2 Å². The maximum absolute atomic E-state index is 9.74. The lowest BCUT2D eigenvalue weighted by Crippen LogP contribution is -1.95. The lowest BCUT2D eigenvalue weighted by Gasteiger charge is -2.10. The van der Waals surface area contributed by atoms with E-state index in [-0.39, 0.29) is 0 Å². The highest BCUT2D eigenvalue weighted by Gasteiger charge is 2.23. The van der Waals surface area contributed by atoms with E-state index in [0.29, 0.717) is 16.9 Å². The Morgan fingerprint density at radius 3 is 1.77 bits per heavy atom. The summed E-state index contributed by atoms with van der Waals surface area (Å²) in [6, 6.07) is 43.3. The maximum Gasteiger partial charge on any atom is 0.227 e. The normalized spacial score (nSPS) is 11.7. The molecule has 3 heterocycles. The molecule has 43 heavy (non-hydrogen) atoms. The van der Waals surface area contributed by atoms with Crippen LogP contribution in [0.5, 0.6) is 0 Å². The maximum atomic E-state index is 9.74. The first-order valence-electron chi connectivity index (χ1n) is 14.1. The quantitative estimate of drug-likeness (QED) is 0.202. The van der Waals surface area contributed by atoms with E-state index in [1.165, 1.54) is 0 Å². The molecule has 0 radical (unpaired) electrons. The molecule has 5 heteroatoms. The minimum atomic E-state index is 0.341. The first-order valence-corrected chi connectivity index (χ1v) is 14.1. The molecule has 198 valence electrons. The van der Waals surface area contributed by atoms with Gasteiger partial charge < -0.3 is 13.6 Å². The first kappa shape index (κ1) is 23.4. The molecule has 0 aliphatic heterocycles. The van der Waals surface area contributed by atoms with Crippen LogP contribution in [0.2, 0.25) is 0 Å². The summed E-state index contributed by atoms with van der Waals surface area (Å²) in [6.07, 6.45) is 0. The molecule has 0 spiro atoms. The molecule has 0 saturated carbocycles. The summed E-state index contributed by atoms with van der Waals surface area (Å²) in [4.78, 5) is 3.78. The third-order valence-corrected chi connectivity index (χ3v) is 8.58. The van der Waals surface area contributed by atoms with Crippen LogP contribution in [0.3, 0.4) is 0 Å². The van der Waals surface area contributed by atoms with E-state index >= 15 is 0 Å². The van der Waals surface area contributed by atoms with Gasteiger partial charge in [-0.15, -0.1) is 0 Å². The number of para-hydroxylation sites is 4. The average molecular weight is 549 g/mol. The van der Waals surface area contributed by atoms with Crippen LogP contribution in [-0.4, -0.2) is 9.13 Å². The monoisotopic (exact) mass is 548 g/mol. The zero-order valence-electron chi connectivity index (χ0n) is 22.7. The molecular weight excluding hydrogens is 528 g/mol. The fraction of sp³-hybridized carbons (Fsp3) is 0. The Morgan fingerprint density at radius 1 is 0.558 bits per heavy atom. The zero-order chi connectivity index (χ0) is 28.7. The number of hydrogen-bond donors (Lipinski definition) is 0. The van der Waals surface area contributed by atoms with Crippen molar-refractivity contribution in [3.63, 3.8) is 0 Å². The standard InChI is InChI=1S/C38H20N4O/c1-40-36-23(22-39)10-9-17-33(36)42-30-16-8-6-14-28(30)35-32(42)21-19-26-25-18-20-31-34(37(25)43-38(26)35)27-13-5-7-15-29(27)41(31)24-11-3-2-4-12-24/h2-21H. The van der Waals surface area contributed by atoms with Gasteiger partial charge in [0.25, 0.3) is 0 Å². The fourth-order valence-corrected chi connectivity index (χ4v) is 6.83. The highest BCUT2D eigenvalue weighted by Crippen LogP contribution is 2.45. The van der Waals surface area contributed by atoms with E-state index in [1.54, 1.807) is 6.07 Å². The molecule has 0 aliphatic rings. The van der Waals surface area contributed by atoms with Crippen LogP contribution in [0.1, 0.15) is 5.56 Å². The molecule has 0 saturated heterocycles. The molecule has 0 amide bonds. The molecule has 0 atom stereocenters. The van der Waals surface area contributed by atoms with Gasteiger partial charge in [0.05, 0.1) is 56.7 Å². The highest BCUT2D eigenvalue weighted by molar-refractivity contribution is 6.29. The minimum Gasteiger partial charge on any atom is -0.455 e. The van der Waals surface area contributed by atoms with Crippen molar-refractivity contribution in [3.8, 4) is 17.4 Å². The smallest absolute Gasteiger partial charge is 0.227 e. The number of nitriles is 1. The minimum absolute atomic E-state index is 0.341. The zero-order valence-corrected chi connectivity index (χ0v) is 22.7. The molecule has 0 bridgehead atoms. The van der Waals surface area contributed by atoms with Gasteiger partial charge in [-0.05, 0) is 54.6 Å². The number of aromatic nitrogens is 2. The summed E-state index contributed by atoms with van der Waals surface area (Å²) in [6.45, 7) is 7.90. The molecule has 0 aliphatic carbocycles. The van der Waals surface area contributed by atoms with Crippen LogP contribution < -0.4 is 0 Å². The molecule has 0 fully saturated rings. The summed E-state index contributed by atoms with van der Waals surface area (Å²) >= 11 is 0. The van der Waals surface area contributed by atoms with Crippen molar-refractivity contribution in [3.05, 3.63) is 138 Å². The van der Waals surface area contributed by atoms with Crippen molar-refractivity contribution in [1.29, 1.82) is 5.26 Å². The molecule has 0 unspecified atom stereocenters. The second-order valence-corrected chi connectivity index (χ2v) is 10.7. The van der Waals surface area contributed by atoms with E-state index in [9.17, 15) is 5.26 Å². The highest BCUT2D eigenvalue weighted by atomic mass is 16.3. The van der Waals surface area contributed by atoms with Crippen LogP contribution >= 0.6 is 0 Å². The SMILES string of the molecule is [C-]#[N+]c1c(C#N)cccc1-n1c2ccccc2c2c3oc4c(ccc5c4c4ccccc4n5-c4ccccc4)c3ccc21. The van der Waals surface area contributed by atoms with Crippen LogP contribution in [0, 0.1) is 17.9 Å². The fourth-order valence-electron chi connectivity index (χ4n) is 6.83. The van der Waals surface area contributed by atoms with Gasteiger partial charge in [-0.2, -0.15) is 5.26 Å². The number of nitrogens with zero attached hydrogens (tertiary/aromatic N) is 4. The van der Waals surface area contributed by atoms with Gasteiger partial charge in [-0.1, -0.05) is 66.7 Å². The summed E-state index contributed by atoms with van der Waals surface area (Å²) in [5.41, 5.74) is 8.26. The lowest BCUT2D eigenvalue weighted by molar-refractivity contribution is 0.677. The van der Waals surface area contributed by atoms with Gasteiger partial charge >= 0.3 is 0 Å². The van der Waals surface area contributed by atoms with Crippen molar-refractivity contribution >= 4 is 71.2 Å². The lowest BCUT2D eigenvalue weighted by atomic mass is 10.1.